The zero-order chi connectivity index (χ0) is 12.5. The zero-order valence-corrected chi connectivity index (χ0v) is 11.8. The molecule has 1 aliphatic rings. The first-order valence-electron chi connectivity index (χ1n) is 5.76. The van der Waals surface area contributed by atoms with Crippen molar-refractivity contribution in [1.82, 2.24) is 0 Å². The van der Waals surface area contributed by atoms with Crippen LogP contribution in [-0.2, 0) is 6.42 Å². The molecular weight excluding hydrogens is 254 g/mol. The lowest BCUT2D eigenvalue weighted by molar-refractivity contribution is 0.259. The van der Waals surface area contributed by atoms with Crippen molar-refractivity contribution < 1.29 is 4.74 Å². The molecule has 0 aromatic heterocycles. The fourth-order valence-electron chi connectivity index (χ4n) is 1.84. The van der Waals surface area contributed by atoms with E-state index in [1.165, 1.54) is 5.56 Å². The molecule has 4 heteroatoms. The van der Waals surface area contributed by atoms with Gasteiger partial charge >= 0.3 is 0 Å². The Morgan fingerprint density at radius 3 is 3.00 bits per heavy atom. The molecule has 1 atom stereocenters. The first-order valence-corrected chi connectivity index (χ1v) is 7.29. The van der Waals surface area contributed by atoms with E-state index in [1.54, 1.807) is 0 Å². The van der Waals surface area contributed by atoms with Crippen LogP contribution in [0.2, 0.25) is 5.02 Å². The van der Waals surface area contributed by atoms with Gasteiger partial charge in [0.1, 0.15) is 11.9 Å². The smallest absolute Gasteiger partial charge is 0.123 e. The molecule has 0 saturated carbocycles. The van der Waals surface area contributed by atoms with Crippen LogP contribution in [0.25, 0.3) is 0 Å². The van der Waals surface area contributed by atoms with Gasteiger partial charge in [0.15, 0.2) is 0 Å². The highest BCUT2D eigenvalue weighted by molar-refractivity contribution is 7.99. The summed E-state index contributed by atoms with van der Waals surface area (Å²) >= 11 is 7.81. The third kappa shape index (κ3) is 3.80. The molecule has 1 aromatic rings. The van der Waals surface area contributed by atoms with Crippen molar-refractivity contribution in [3.05, 3.63) is 28.8 Å². The van der Waals surface area contributed by atoms with Crippen LogP contribution in [0.15, 0.2) is 18.2 Å². The van der Waals surface area contributed by atoms with Gasteiger partial charge in [-0.05, 0) is 37.6 Å². The number of halogens is 1. The standard InChI is InChI=1S/C13H18ClNOS/c1-13(2,15)8-17-7-11-6-9-5-10(14)3-4-12(9)16-11/h3-5,11H,6-8,15H2,1-2H3. The molecule has 0 saturated heterocycles. The summed E-state index contributed by atoms with van der Waals surface area (Å²) in [6.07, 6.45) is 1.21. The predicted molar refractivity (Wildman–Crippen MR) is 75.2 cm³/mol. The fraction of sp³-hybridized carbons (Fsp3) is 0.538. The molecule has 0 amide bonds. The van der Waals surface area contributed by atoms with Crippen LogP contribution in [0.5, 0.6) is 5.75 Å². The lowest BCUT2D eigenvalue weighted by atomic mass is 10.1. The number of hydrogen-bond acceptors (Lipinski definition) is 3. The van der Waals surface area contributed by atoms with E-state index in [1.807, 2.05) is 43.8 Å². The average Bonchev–Trinajstić information content (AvgIpc) is 2.57. The molecule has 94 valence electrons. The molecule has 0 spiro atoms. The van der Waals surface area contributed by atoms with E-state index in [-0.39, 0.29) is 11.6 Å². The molecule has 1 unspecified atom stereocenters. The summed E-state index contributed by atoms with van der Waals surface area (Å²) in [5.41, 5.74) is 7.05. The average molecular weight is 272 g/mol. The van der Waals surface area contributed by atoms with Gasteiger partial charge in [-0.25, -0.2) is 0 Å². The van der Waals surface area contributed by atoms with Crippen LogP contribution in [0.3, 0.4) is 0 Å². The van der Waals surface area contributed by atoms with Crippen LogP contribution in [0.4, 0.5) is 0 Å². The third-order valence-corrected chi connectivity index (χ3v) is 4.33. The molecule has 17 heavy (non-hydrogen) atoms. The maximum Gasteiger partial charge on any atom is 0.123 e. The zero-order valence-electron chi connectivity index (χ0n) is 10.2. The van der Waals surface area contributed by atoms with Crippen molar-refractivity contribution in [2.24, 2.45) is 5.73 Å². The summed E-state index contributed by atoms with van der Waals surface area (Å²) in [6.45, 7) is 4.09. The number of hydrogen-bond donors (Lipinski definition) is 1. The highest BCUT2D eigenvalue weighted by atomic mass is 35.5. The lowest BCUT2D eigenvalue weighted by Crippen LogP contribution is -2.35. The van der Waals surface area contributed by atoms with E-state index in [2.05, 4.69) is 0 Å². The van der Waals surface area contributed by atoms with Gasteiger partial charge in [0.05, 0.1) is 0 Å². The van der Waals surface area contributed by atoms with Crippen molar-refractivity contribution in [2.45, 2.75) is 31.9 Å². The summed E-state index contributed by atoms with van der Waals surface area (Å²) in [5.74, 6) is 2.91. The first kappa shape index (κ1) is 13.1. The number of benzene rings is 1. The molecule has 0 aliphatic carbocycles. The second kappa shape index (κ2) is 5.09. The molecule has 2 nitrogen and oxygen atoms in total. The Morgan fingerprint density at radius 2 is 2.29 bits per heavy atom. The Bertz CT molecular complexity index is 403. The Labute approximate surface area is 112 Å². The summed E-state index contributed by atoms with van der Waals surface area (Å²) in [7, 11) is 0. The van der Waals surface area contributed by atoms with Gasteiger partial charge < -0.3 is 10.5 Å². The van der Waals surface area contributed by atoms with Gasteiger partial charge in [0, 0.05) is 28.5 Å². The van der Waals surface area contributed by atoms with E-state index in [4.69, 9.17) is 22.1 Å². The molecule has 1 heterocycles. The second-order valence-corrected chi connectivity index (χ2v) is 6.67. The summed E-state index contributed by atoms with van der Waals surface area (Å²) in [5, 5.41) is 0.781. The number of nitrogens with two attached hydrogens (primary N) is 1. The monoisotopic (exact) mass is 271 g/mol. The minimum absolute atomic E-state index is 0.112. The maximum absolute atomic E-state index is 5.96. The van der Waals surface area contributed by atoms with E-state index >= 15 is 0 Å². The Morgan fingerprint density at radius 1 is 1.53 bits per heavy atom. The third-order valence-electron chi connectivity index (χ3n) is 2.54. The normalized spacial score (nSPS) is 18.9. The number of ether oxygens (including phenoxy) is 1. The molecule has 0 radical (unpaired) electrons. The number of fused-ring (bicyclic) bond motifs is 1. The van der Waals surface area contributed by atoms with Crippen molar-refractivity contribution >= 4 is 23.4 Å². The van der Waals surface area contributed by atoms with E-state index in [0.717, 1.165) is 28.7 Å². The minimum atomic E-state index is -0.112. The van der Waals surface area contributed by atoms with Crippen molar-refractivity contribution in [3.8, 4) is 5.75 Å². The van der Waals surface area contributed by atoms with Crippen LogP contribution in [-0.4, -0.2) is 23.1 Å². The molecule has 1 aliphatic heterocycles. The maximum atomic E-state index is 5.96. The molecule has 0 bridgehead atoms. The van der Waals surface area contributed by atoms with E-state index in [0.29, 0.717) is 0 Å². The highest BCUT2D eigenvalue weighted by Crippen LogP contribution is 2.32. The van der Waals surface area contributed by atoms with Crippen molar-refractivity contribution in [2.75, 3.05) is 11.5 Å². The minimum Gasteiger partial charge on any atom is -0.489 e. The highest BCUT2D eigenvalue weighted by Gasteiger charge is 2.23. The van der Waals surface area contributed by atoms with E-state index in [9.17, 15) is 0 Å². The topological polar surface area (TPSA) is 35.2 Å². The van der Waals surface area contributed by atoms with Crippen molar-refractivity contribution in [1.29, 1.82) is 0 Å². The van der Waals surface area contributed by atoms with Crippen LogP contribution >= 0.6 is 23.4 Å². The number of thioether (sulfide) groups is 1. The molecule has 0 fully saturated rings. The molecule has 2 rings (SSSR count). The quantitative estimate of drug-likeness (QED) is 0.914. The van der Waals surface area contributed by atoms with Gasteiger partial charge in [0.2, 0.25) is 0 Å². The molecule has 2 N–H and O–H groups in total. The van der Waals surface area contributed by atoms with Crippen LogP contribution in [0.1, 0.15) is 19.4 Å². The van der Waals surface area contributed by atoms with Crippen molar-refractivity contribution in [3.63, 3.8) is 0 Å². The van der Waals surface area contributed by atoms with Gasteiger partial charge in [-0.15, -0.1) is 0 Å². The summed E-state index contributed by atoms with van der Waals surface area (Å²) < 4.78 is 5.86. The summed E-state index contributed by atoms with van der Waals surface area (Å²) in [6, 6.07) is 5.82. The Balaban J connectivity index is 1.84. The predicted octanol–water partition coefficient (Wildman–Crippen LogP) is 3.11. The fourth-order valence-corrected chi connectivity index (χ4v) is 3.12. The molecular formula is C13H18ClNOS. The summed E-state index contributed by atoms with van der Waals surface area (Å²) in [4.78, 5) is 0. The van der Waals surface area contributed by atoms with Crippen LogP contribution < -0.4 is 10.5 Å². The largest absolute Gasteiger partial charge is 0.489 e. The first-order chi connectivity index (χ1) is 7.94. The lowest BCUT2D eigenvalue weighted by Gasteiger charge is -2.18. The van der Waals surface area contributed by atoms with Crippen LogP contribution in [0, 0.1) is 0 Å². The Kier molecular flexibility index (Phi) is 3.91. The SMILES string of the molecule is CC(C)(N)CSCC1Cc2cc(Cl)ccc2O1. The van der Waals surface area contributed by atoms with Gasteiger partial charge in [0.25, 0.3) is 0 Å². The molecule has 1 aromatic carbocycles. The Hall–Kier alpha value is -0.380. The van der Waals surface area contributed by atoms with Gasteiger partial charge in [-0.2, -0.15) is 11.8 Å². The van der Waals surface area contributed by atoms with E-state index < -0.39 is 0 Å². The number of rotatable bonds is 4. The second-order valence-electron chi connectivity index (χ2n) is 5.20. The van der Waals surface area contributed by atoms with Gasteiger partial charge in [-0.1, -0.05) is 11.6 Å². The van der Waals surface area contributed by atoms with Gasteiger partial charge in [-0.3, -0.25) is 0 Å².